The number of para-hydroxylation sites is 1. The molecule has 4 heteroatoms. The summed E-state index contributed by atoms with van der Waals surface area (Å²) in [4.78, 5) is 0.248. The minimum atomic E-state index is -3.60. The van der Waals surface area contributed by atoms with Crippen molar-refractivity contribution in [2.75, 3.05) is 11.4 Å². The summed E-state index contributed by atoms with van der Waals surface area (Å²) >= 11 is 0. The van der Waals surface area contributed by atoms with E-state index in [9.17, 15) is 8.42 Å². The molecule has 0 bridgehead atoms. The Labute approximate surface area is 119 Å². The van der Waals surface area contributed by atoms with Crippen molar-refractivity contribution in [3.8, 4) is 12.3 Å². The number of anilines is 1. The molecule has 0 N–H and O–H groups in total. The third-order valence-electron chi connectivity index (χ3n) is 3.08. The molecular weight excluding hydrogens is 270 g/mol. The smallest absolute Gasteiger partial charge is 0.264 e. The molecule has 0 aromatic heterocycles. The van der Waals surface area contributed by atoms with Crippen LogP contribution in [0, 0.1) is 19.3 Å². The Balaban J connectivity index is 2.49. The Morgan fingerprint density at radius 2 is 1.65 bits per heavy atom. The van der Waals surface area contributed by atoms with E-state index in [0.717, 1.165) is 5.56 Å². The maximum absolute atomic E-state index is 12.6. The second-order valence-electron chi connectivity index (χ2n) is 4.45. The molecule has 0 aliphatic heterocycles. The first-order chi connectivity index (χ1) is 9.46. The summed E-state index contributed by atoms with van der Waals surface area (Å²) < 4.78 is 26.4. The average molecular weight is 285 g/mol. The van der Waals surface area contributed by atoms with Crippen molar-refractivity contribution < 1.29 is 8.42 Å². The molecule has 102 valence electrons. The number of benzene rings is 2. The third-order valence-corrected chi connectivity index (χ3v) is 4.86. The summed E-state index contributed by atoms with van der Waals surface area (Å²) in [5, 5.41) is 0. The fraction of sp³-hybridized carbons (Fsp3) is 0.125. The van der Waals surface area contributed by atoms with Gasteiger partial charge in [-0.2, -0.15) is 0 Å². The fourth-order valence-electron chi connectivity index (χ4n) is 1.87. The van der Waals surface area contributed by atoms with Crippen molar-refractivity contribution in [1.82, 2.24) is 0 Å². The minimum absolute atomic E-state index is 0.248. The zero-order valence-electron chi connectivity index (χ0n) is 11.4. The first-order valence-electron chi connectivity index (χ1n) is 6.08. The highest BCUT2D eigenvalue weighted by atomic mass is 32.2. The fourth-order valence-corrected chi connectivity index (χ4v) is 3.08. The molecule has 20 heavy (non-hydrogen) atoms. The van der Waals surface area contributed by atoms with Crippen LogP contribution in [0.5, 0.6) is 0 Å². The standard InChI is InChI=1S/C16H15NO2S/c1-4-14-7-5-6-8-16(14)17(3)20(18,19)15-11-9-13(2)10-12-15/h1,5-12H,2-3H3. The maximum atomic E-state index is 12.6. The number of terminal acetylenes is 1. The van der Waals surface area contributed by atoms with E-state index in [2.05, 4.69) is 5.92 Å². The van der Waals surface area contributed by atoms with Gasteiger partial charge in [-0.15, -0.1) is 6.42 Å². The van der Waals surface area contributed by atoms with Crippen LogP contribution >= 0.6 is 0 Å². The molecule has 0 fully saturated rings. The normalized spacial score (nSPS) is 10.8. The predicted molar refractivity (Wildman–Crippen MR) is 81.1 cm³/mol. The number of rotatable bonds is 3. The molecule has 2 aromatic rings. The van der Waals surface area contributed by atoms with Gasteiger partial charge in [0, 0.05) is 12.6 Å². The molecule has 0 heterocycles. The van der Waals surface area contributed by atoms with Crippen molar-refractivity contribution >= 4 is 15.7 Å². The highest BCUT2D eigenvalue weighted by molar-refractivity contribution is 7.92. The molecule has 3 nitrogen and oxygen atoms in total. The van der Waals surface area contributed by atoms with Crippen molar-refractivity contribution in [3.63, 3.8) is 0 Å². The van der Waals surface area contributed by atoms with Crippen molar-refractivity contribution in [2.45, 2.75) is 11.8 Å². The van der Waals surface area contributed by atoms with Crippen LogP contribution in [0.25, 0.3) is 0 Å². The highest BCUT2D eigenvalue weighted by Gasteiger charge is 2.22. The molecule has 0 amide bonds. The monoisotopic (exact) mass is 285 g/mol. The summed E-state index contributed by atoms with van der Waals surface area (Å²) in [5.74, 6) is 2.50. The van der Waals surface area contributed by atoms with Crippen LogP contribution in [0.15, 0.2) is 53.4 Å². The van der Waals surface area contributed by atoms with E-state index in [1.165, 1.54) is 11.4 Å². The molecule has 0 aliphatic carbocycles. The Kier molecular flexibility index (Phi) is 3.82. The molecule has 0 atom stereocenters. The molecule has 0 aliphatic rings. The average Bonchev–Trinajstić information content (AvgIpc) is 2.46. The highest BCUT2D eigenvalue weighted by Crippen LogP contribution is 2.25. The van der Waals surface area contributed by atoms with Gasteiger partial charge in [-0.05, 0) is 31.2 Å². The summed E-state index contributed by atoms with van der Waals surface area (Å²) in [7, 11) is -2.10. The van der Waals surface area contributed by atoms with E-state index in [4.69, 9.17) is 6.42 Å². The van der Waals surface area contributed by atoms with E-state index in [-0.39, 0.29) is 4.90 Å². The van der Waals surface area contributed by atoms with Crippen LogP contribution in [-0.4, -0.2) is 15.5 Å². The lowest BCUT2D eigenvalue weighted by Crippen LogP contribution is -2.27. The second-order valence-corrected chi connectivity index (χ2v) is 6.42. The van der Waals surface area contributed by atoms with Crippen molar-refractivity contribution in [2.24, 2.45) is 0 Å². The van der Waals surface area contributed by atoms with Gasteiger partial charge in [0.2, 0.25) is 0 Å². The number of aryl methyl sites for hydroxylation is 1. The van der Waals surface area contributed by atoms with Gasteiger partial charge in [0.15, 0.2) is 0 Å². The van der Waals surface area contributed by atoms with Gasteiger partial charge in [0.25, 0.3) is 10.0 Å². The SMILES string of the molecule is C#Cc1ccccc1N(C)S(=O)(=O)c1ccc(C)cc1. The zero-order chi connectivity index (χ0) is 14.8. The largest absolute Gasteiger partial charge is 0.268 e. The van der Waals surface area contributed by atoms with Crippen LogP contribution < -0.4 is 4.31 Å². The second kappa shape index (κ2) is 5.40. The summed E-state index contributed by atoms with van der Waals surface area (Å²) in [6.45, 7) is 1.91. The van der Waals surface area contributed by atoms with Gasteiger partial charge >= 0.3 is 0 Å². The van der Waals surface area contributed by atoms with E-state index in [0.29, 0.717) is 11.3 Å². The van der Waals surface area contributed by atoms with Gasteiger partial charge in [-0.25, -0.2) is 8.42 Å². The van der Waals surface area contributed by atoms with E-state index in [1.807, 2.05) is 6.92 Å². The van der Waals surface area contributed by atoms with Gasteiger partial charge in [0.1, 0.15) is 0 Å². The quantitative estimate of drug-likeness (QED) is 0.813. The summed E-state index contributed by atoms with van der Waals surface area (Å²) in [6.07, 6.45) is 5.42. The lowest BCUT2D eigenvalue weighted by atomic mass is 10.2. The summed E-state index contributed by atoms with van der Waals surface area (Å²) in [5.41, 5.74) is 2.05. The molecule has 0 saturated carbocycles. The van der Waals surface area contributed by atoms with Gasteiger partial charge in [-0.1, -0.05) is 35.7 Å². The van der Waals surface area contributed by atoms with Crippen LogP contribution in [0.3, 0.4) is 0 Å². The lowest BCUT2D eigenvalue weighted by molar-refractivity contribution is 0.594. The number of sulfonamides is 1. The number of hydrogen-bond acceptors (Lipinski definition) is 2. The molecule has 2 aromatic carbocycles. The molecule has 0 unspecified atom stereocenters. The lowest BCUT2D eigenvalue weighted by Gasteiger charge is -2.20. The Morgan fingerprint density at radius 3 is 2.25 bits per heavy atom. The van der Waals surface area contributed by atoms with E-state index >= 15 is 0 Å². The van der Waals surface area contributed by atoms with Gasteiger partial charge in [-0.3, -0.25) is 4.31 Å². The molecule has 0 saturated heterocycles. The van der Waals surface area contributed by atoms with Crippen molar-refractivity contribution in [3.05, 3.63) is 59.7 Å². The predicted octanol–water partition coefficient (Wildman–Crippen LogP) is 2.80. The zero-order valence-corrected chi connectivity index (χ0v) is 12.2. The Hall–Kier alpha value is -2.25. The van der Waals surface area contributed by atoms with Crippen LogP contribution in [0.4, 0.5) is 5.69 Å². The summed E-state index contributed by atoms with van der Waals surface area (Å²) in [6, 6.07) is 13.7. The topological polar surface area (TPSA) is 37.4 Å². The van der Waals surface area contributed by atoms with Gasteiger partial charge in [0.05, 0.1) is 10.6 Å². The molecule has 2 rings (SSSR count). The Morgan fingerprint density at radius 1 is 1.05 bits per heavy atom. The Bertz CT molecular complexity index is 756. The van der Waals surface area contributed by atoms with Crippen LogP contribution in [0.1, 0.15) is 11.1 Å². The minimum Gasteiger partial charge on any atom is -0.268 e. The molecular formula is C16H15NO2S. The third kappa shape index (κ3) is 2.54. The number of hydrogen-bond donors (Lipinski definition) is 0. The molecule has 0 radical (unpaired) electrons. The number of nitrogens with zero attached hydrogens (tertiary/aromatic N) is 1. The van der Waals surface area contributed by atoms with Gasteiger partial charge < -0.3 is 0 Å². The first-order valence-corrected chi connectivity index (χ1v) is 7.52. The van der Waals surface area contributed by atoms with Crippen LogP contribution in [-0.2, 0) is 10.0 Å². The van der Waals surface area contributed by atoms with Crippen molar-refractivity contribution in [1.29, 1.82) is 0 Å². The maximum Gasteiger partial charge on any atom is 0.264 e. The molecule has 0 spiro atoms. The first kappa shape index (κ1) is 14.2. The van der Waals surface area contributed by atoms with E-state index in [1.54, 1.807) is 48.5 Å². The van der Waals surface area contributed by atoms with E-state index < -0.39 is 10.0 Å². The van der Waals surface area contributed by atoms with Crippen LogP contribution in [0.2, 0.25) is 0 Å².